The highest BCUT2D eigenvalue weighted by Crippen LogP contribution is 2.27. The number of para-hydroxylation sites is 1. The number of hydrogen-bond donors (Lipinski definition) is 3. The predicted molar refractivity (Wildman–Crippen MR) is 89.6 cm³/mol. The lowest BCUT2D eigenvalue weighted by atomic mass is 10.1. The van der Waals surface area contributed by atoms with Gasteiger partial charge in [0, 0.05) is 11.3 Å². The fourth-order valence-electron chi connectivity index (χ4n) is 2.34. The van der Waals surface area contributed by atoms with E-state index in [2.05, 4.69) is 15.5 Å². The van der Waals surface area contributed by atoms with Crippen LogP contribution >= 0.6 is 0 Å². The molecule has 0 aliphatic heterocycles. The molecule has 3 aromatic rings. The second-order valence-corrected chi connectivity index (χ2v) is 5.39. The van der Waals surface area contributed by atoms with E-state index in [4.69, 9.17) is 0 Å². The van der Waals surface area contributed by atoms with E-state index in [9.17, 15) is 9.90 Å². The van der Waals surface area contributed by atoms with E-state index in [1.165, 1.54) is 0 Å². The van der Waals surface area contributed by atoms with Gasteiger partial charge in [0.25, 0.3) is 5.91 Å². The van der Waals surface area contributed by atoms with Crippen molar-refractivity contribution in [2.45, 2.75) is 13.8 Å². The first-order valence-corrected chi connectivity index (χ1v) is 7.27. The van der Waals surface area contributed by atoms with E-state index in [-0.39, 0.29) is 11.7 Å². The Labute approximate surface area is 134 Å². The van der Waals surface area contributed by atoms with Crippen LogP contribution < -0.4 is 5.32 Å². The van der Waals surface area contributed by atoms with Gasteiger partial charge in [0.1, 0.15) is 11.4 Å². The summed E-state index contributed by atoms with van der Waals surface area (Å²) >= 11 is 0. The van der Waals surface area contributed by atoms with Gasteiger partial charge in [0.15, 0.2) is 0 Å². The van der Waals surface area contributed by atoms with Gasteiger partial charge in [-0.25, -0.2) is 0 Å². The van der Waals surface area contributed by atoms with Crippen LogP contribution in [0.2, 0.25) is 0 Å². The minimum atomic E-state index is -0.270. The van der Waals surface area contributed by atoms with Crippen LogP contribution in [0.5, 0.6) is 5.75 Å². The Balaban J connectivity index is 1.84. The summed E-state index contributed by atoms with van der Waals surface area (Å²) in [5, 5.41) is 19.6. The van der Waals surface area contributed by atoms with Crippen LogP contribution in [0.25, 0.3) is 11.3 Å². The van der Waals surface area contributed by atoms with Gasteiger partial charge in [-0.1, -0.05) is 24.3 Å². The molecular weight excluding hydrogens is 290 g/mol. The van der Waals surface area contributed by atoms with Gasteiger partial charge in [0.2, 0.25) is 0 Å². The molecule has 0 spiro atoms. The Hall–Kier alpha value is -3.08. The molecule has 1 amide bonds. The summed E-state index contributed by atoms with van der Waals surface area (Å²) < 4.78 is 0. The van der Waals surface area contributed by atoms with Crippen molar-refractivity contribution in [3.8, 4) is 17.0 Å². The number of H-pyrrole nitrogens is 1. The molecule has 0 aliphatic rings. The second-order valence-electron chi connectivity index (χ2n) is 5.39. The SMILES string of the molecule is Cc1cccc(NC(=O)c2cc(-c3ccccc3O)n[nH]2)c1C. The maximum absolute atomic E-state index is 12.4. The normalized spacial score (nSPS) is 10.5. The summed E-state index contributed by atoms with van der Waals surface area (Å²) in [4.78, 5) is 12.4. The van der Waals surface area contributed by atoms with Crippen molar-refractivity contribution in [3.63, 3.8) is 0 Å². The topological polar surface area (TPSA) is 78.0 Å². The van der Waals surface area contributed by atoms with Gasteiger partial charge in [-0.15, -0.1) is 0 Å². The van der Waals surface area contributed by atoms with Gasteiger partial charge in [-0.2, -0.15) is 5.10 Å². The third-order valence-corrected chi connectivity index (χ3v) is 3.86. The molecular formula is C18H17N3O2. The molecule has 0 bridgehead atoms. The lowest BCUT2D eigenvalue weighted by Crippen LogP contribution is -2.13. The van der Waals surface area contributed by atoms with Crippen molar-refractivity contribution in [2.24, 2.45) is 0 Å². The molecule has 5 heteroatoms. The highest BCUT2D eigenvalue weighted by Gasteiger charge is 2.14. The lowest BCUT2D eigenvalue weighted by molar-refractivity contribution is 0.102. The number of carbonyl (C=O) groups excluding carboxylic acids is 1. The zero-order valence-electron chi connectivity index (χ0n) is 12.9. The molecule has 0 radical (unpaired) electrons. The number of aryl methyl sites for hydroxylation is 1. The summed E-state index contributed by atoms with van der Waals surface area (Å²) in [7, 11) is 0. The fraction of sp³-hybridized carbons (Fsp3) is 0.111. The van der Waals surface area contributed by atoms with Crippen LogP contribution in [0, 0.1) is 13.8 Å². The van der Waals surface area contributed by atoms with Gasteiger partial charge in [-0.3, -0.25) is 9.89 Å². The van der Waals surface area contributed by atoms with Crippen LogP contribution in [-0.4, -0.2) is 21.2 Å². The smallest absolute Gasteiger partial charge is 0.273 e. The summed E-state index contributed by atoms with van der Waals surface area (Å²) in [6.07, 6.45) is 0. The highest BCUT2D eigenvalue weighted by atomic mass is 16.3. The zero-order valence-corrected chi connectivity index (χ0v) is 12.9. The third kappa shape index (κ3) is 2.94. The third-order valence-electron chi connectivity index (χ3n) is 3.86. The molecule has 3 N–H and O–H groups in total. The van der Waals surface area contributed by atoms with Crippen molar-refractivity contribution in [1.29, 1.82) is 0 Å². The molecule has 3 rings (SSSR count). The minimum absolute atomic E-state index is 0.125. The molecule has 116 valence electrons. The lowest BCUT2D eigenvalue weighted by Gasteiger charge is -2.09. The Morgan fingerprint density at radius 2 is 1.91 bits per heavy atom. The van der Waals surface area contributed by atoms with E-state index >= 15 is 0 Å². The van der Waals surface area contributed by atoms with Crippen LogP contribution in [-0.2, 0) is 0 Å². The minimum Gasteiger partial charge on any atom is -0.507 e. The predicted octanol–water partition coefficient (Wildman–Crippen LogP) is 3.65. The summed E-state index contributed by atoms with van der Waals surface area (Å²) in [6.45, 7) is 3.96. The molecule has 0 fully saturated rings. The van der Waals surface area contributed by atoms with E-state index in [1.54, 1.807) is 30.3 Å². The average Bonchev–Trinajstić information content (AvgIpc) is 3.02. The summed E-state index contributed by atoms with van der Waals surface area (Å²) in [5.74, 6) is -0.145. The number of carbonyl (C=O) groups is 1. The Morgan fingerprint density at radius 1 is 1.13 bits per heavy atom. The number of phenolic OH excluding ortho intramolecular Hbond substituents is 1. The number of aromatic nitrogens is 2. The zero-order chi connectivity index (χ0) is 16.4. The maximum Gasteiger partial charge on any atom is 0.273 e. The van der Waals surface area contributed by atoms with Crippen molar-refractivity contribution < 1.29 is 9.90 Å². The van der Waals surface area contributed by atoms with E-state index in [1.807, 2.05) is 32.0 Å². The number of hydrogen-bond acceptors (Lipinski definition) is 3. The fourth-order valence-corrected chi connectivity index (χ4v) is 2.34. The van der Waals surface area contributed by atoms with Crippen molar-refractivity contribution in [1.82, 2.24) is 10.2 Å². The molecule has 2 aromatic carbocycles. The molecule has 1 aromatic heterocycles. The maximum atomic E-state index is 12.4. The van der Waals surface area contributed by atoms with E-state index in [0.717, 1.165) is 16.8 Å². The first-order valence-electron chi connectivity index (χ1n) is 7.27. The van der Waals surface area contributed by atoms with Crippen LogP contribution in [0.1, 0.15) is 21.6 Å². The highest BCUT2D eigenvalue weighted by molar-refractivity contribution is 6.04. The van der Waals surface area contributed by atoms with Crippen molar-refractivity contribution >= 4 is 11.6 Å². The standard InChI is InChI=1S/C18H17N3O2/c1-11-6-5-8-14(12(11)2)19-18(23)16-10-15(20-21-16)13-7-3-4-9-17(13)22/h3-10,22H,1-2H3,(H,19,23)(H,20,21). The Bertz CT molecular complexity index is 868. The number of aromatic amines is 1. The Morgan fingerprint density at radius 3 is 2.70 bits per heavy atom. The molecule has 23 heavy (non-hydrogen) atoms. The first-order chi connectivity index (χ1) is 11.1. The van der Waals surface area contributed by atoms with Gasteiger partial charge in [0.05, 0.1) is 5.69 Å². The molecule has 0 atom stereocenters. The Kier molecular flexibility index (Phi) is 3.85. The summed E-state index contributed by atoms with van der Waals surface area (Å²) in [6, 6.07) is 14.3. The number of benzene rings is 2. The van der Waals surface area contributed by atoms with Crippen molar-refractivity contribution in [2.75, 3.05) is 5.32 Å². The number of anilines is 1. The second kappa shape index (κ2) is 5.96. The molecule has 0 saturated heterocycles. The molecule has 0 unspecified atom stereocenters. The van der Waals surface area contributed by atoms with E-state index in [0.29, 0.717) is 17.0 Å². The van der Waals surface area contributed by atoms with Gasteiger partial charge < -0.3 is 10.4 Å². The summed E-state index contributed by atoms with van der Waals surface area (Å²) in [5.41, 5.74) is 4.35. The molecule has 0 aliphatic carbocycles. The number of nitrogens with one attached hydrogen (secondary N) is 2. The number of phenols is 1. The average molecular weight is 307 g/mol. The van der Waals surface area contributed by atoms with Crippen LogP contribution in [0.3, 0.4) is 0 Å². The quantitative estimate of drug-likeness (QED) is 0.691. The van der Waals surface area contributed by atoms with Crippen LogP contribution in [0.15, 0.2) is 48.5 Å². The number of amides is 1. The van der Waals surface area contributed by atoms with Crippen molar-refractivity contribution in [3.05, 3.63) is 65.4 Å². The number of rotatable bonds is 3. The largest absolute Gasteiger partial charge is 0.507 e. The monoisotopic (exact) mass is 307 g/mol. The van der Waals surface area contributed by atoms with Gasteiger partial charge >= 0.3 is 0 Å². The number of aromatic hydroxyl groups is 1. The molecule has 5 nitrogen and oxygen atoms in total. The first kappa shape index (κ1) is 14.8. The van der Waals surface area contributed by atoms with E-state index < -0.39 is 0 Å². The van der Waals surface area contributed by atoms with Crippen LogP contribution in [0.4, 0.5) is 5.69 Å². The van der Waals surface area contributed by atoms with Gasteiger partial charge in [-0.05, 0) is 49.2 Å². The number of nitrogens with zero attached hydrogens (tertiary/aromatic N) is 1. The molecule has 0 saturated carbocycles. The molecule has 1 heterocycles.